The van der Waals surface area contributed by atoms with Gasteiger partial charge in [-0.05, 0) is 43.5 Å². The molecule has 1 heterocycles. The zero-order chi connectivity index (χ0) is 23.1. The Balaban J connectivity index is 1.63. The van der Waals surface area contributed by atoms with E-state index in [4.69, 9.17) is 9.47 Å². The lowest BCUT2D eigenvalue weighted by molar-refractivity contribution is -0.153. The number of imide groups is 1. The smallest absolute Gasteiger partial charge is 0.324 e. The molecule has 3 rings (SSSR count). The van der Waals surface area contributed by atoms with Crippen LogP contribution in [0.4, 0.5) is 0 Å². The summed E-state index contributed by atoms with van der Waals surface area (Å²) < 4.78 is 37.2. The molecule has 0 radical (unpaired) electrons. The van der Waals surface area contributed by atoms with Crippen LogP contribution in [-0.4, -0.2) is 56.8 Å². The van der Waals surface area contributed by atoms with E-state index >= 15 is 0 Å². The zero-order valence-electron chi connectivity index (χ0n) is 17.5. The molecule has 2 amide bonds. The number of carbonyl (C=O) groups excluding carboxylic acids is 3. The maximum Gasteiger partial charge on any atom is 0.324 e. The number of para-hydroxylation sites is 1. The summed E-state index contributed by atoms with van der Waals surface area (Å²) in [7, 11) is -2.50. The molecule has 1 aliphatic heterocycles. The summed E-state index contributed by atoms with van der Waals surface area (Å²) in [6.07, 6.45) is 1.55. The summed E-state index contributed by atoms with van der Waals surface area (Å²) in [6.45, 7) is -0.537. The van der Waals surface area contributed by atoms with Gasteiger partial charge in [-0.25, -0.2) is 8.42 Å². The van der Waals surface area contributed by atoms with Crippen LogP contribution in [0.25, 0.3) is 0 Å². The predicted molar refractivity (Wildman–Crippen MR) is 114 cm³/mol. The van der Waals surface area contributed by atoms with Crippen molar-refractivity contribution in [3.05, 3.63) is 60.2 Å². The van der Waals surface area contributed by atoms with E-state index < -0.39 is 40.5 Å². The zero-order valence-corrected chi connectivity index (χ0v) is 18.3. The van der Waals surface area contributed by atoms with Crippen molar-refractivity contribution in [2.45, 2.75) is 30.2 Å². The van der Waals surface area contributed by atoms with Gasteiger partial charge in [-0.1, -0.05) is 30.3 Å². The largest absolute Gasteiger partial charge is 0.496 e. The van der Waals surface area contributed by atoms with Crippen LogP contribution in [0.15, 0.2) is 59.5 Å². The highest BCUT2D eigenvalue weighted by atomic mass is 32.2. The molecule has 1 aliphatic rings. The highest BCUT2D eigenvalue weighted by Gasteiger charge is 2.38. The number of carbonyl (C=O) groups is 3. The number of methoxy groups -OCH3 is 1. The lowest BCUT2D eigenvalue weighted by Crippen LogP contribution is -2.49. The van der Waals surface area contributed by atoms with Gasteiger partial charge in [-0.15, -0.1) is 0 Å². The number of rotatable bonds is 7. The van der Waals surface area contributed by atoms with E-state index in [1.165, 1.54) is 25.3 Å². The SMILES string of the molecule is COc1ccccc1C(=O)NC(=O)COC(=O)C1CCCCN1S(=O)(=O)c1ccccc1. The number of nitrogens with zero attached hydrogens (tertiary/aromatic N) is 1. The molecule has 0 aromatic heterocycles. The molecule has 0 saturated carbocycles. The Morgan fingerprint density at radius 3 is 2.44 bits per heavy atom. The van der Waals surface area contributed by atoms with Crippen LogP contribution >= 0.6 is 0 Å². The Kier molecular flexibility index (Phi) is 7.60. The van der Waals surface area contributed by atoms with Crippen LogP contribution in [0.3, 0.4) is 0 Å². The van der Waals surface area contributed by atoms with Crippen molar-refractivity contribution in [2.75, 3.05) is 20.3 Å². The number of nitrogens with one attached hydrogen (secondary N) is 1. The fourth-order valence-corrected chi connectivity index (χ4v) is 5.12. The maximum atomic E-state index is 13.0. The number of sulfonamides is 1. The highest BCUT2D eigenvalue weighted by Crippen LogP contribution is 2.26. The summed E-state index contributed by atoms with van der Waals surface area (Å²) in [4.78, 5) is 37.1. The topological polar surface area (TPSA) is 119 Å². The average Bonchev–Trinajstić information content (AvgIpc) is 2.83. The first kappa shape index (κ1) is 23.4. The first-order valence-corrected chi connectivity index (χ1v) is 11.5. The van der Waals surface area contributed by atoms with Crippen LogP contribution < -0.4 is 10.1 Å². The molecule has 0 spiro atoms. The molecular formula is C22H24N2O7S. The molecule has 1 atom stereocenters. The van der Waals surface area contributed by atoms with E-state index in [0.29, 0.717) is 18.6 Å². The Morgan fingerprint density at radius 2 is 1.72 bits per heavy atom. The molecule has 1 unspecified atom stereocenters. The maximum absolute atomic E-state index is 13.0. The molecule has 32 heavy (non-hydrogen) atoms. The second-order valence-electron chi connectivity index (χ2n) is 7.13. The van der Waals surface area contributed by atoms with Crippen molar-refractivity contribution in [3.8, 4) is 5.75 Å². The third-order valence-corrected chi connectivity index (χ3v) is 6.95. The number of hydrogen-bond acceptors (Lipinski definition) is 7. The molecule has 10 heteroatoms. The molecule has 1 N–H and O–H groups in total. The van der Waals surface area contributed by atoms with Gasteiger partial charge < -0.3 is 9.47 Å². The van der Waals surface area contributed by atoms with Gasteiger partial charge in [0.15, 0.2) is 6.61 Å². The third-order valence-electron chi connectivity index (χ3n) is 5.03. The molecule has 1 saturated heterocycles. The van der Waals surface area contributed by atoms with Gasteiger partial charge in [-0.3, -0.25) is 19.7 Å². The number of amides is 2. The molecule has 0 bridgehead atoms. The van der Waals surface area contributed by atoms with E-state index in [9.17, 15) is 22.8 Å². The monoisotopic (exact) mass is 460 g/mol. The first-order chi connectivity index (χ1) is 15.3. The second-order valence-corrected chi connectivity index (χ2v) is 9.02. The molecule has 170 valence electrons. The number of piperidine rings is 1. The van der Waals surface area contributed by atoms with Crippen LogP contribution in [0.1, 0.15) is 29.6 Å². The van der Waals surface area contributed by atoms with Crippen LogP contribution in [0.5, 0.6) is 5.75 Å². The molecule has 9 nitrogen and oxygen atoms in total. The fourth-order valence-electron chi connectivity index (χ4n) is 3.45. The third kappa shape index (κ3) is 5.32. The van der Waals surface area contributed by atoms with E-state index in [1.54, 1.807) is 36.4 Å². The molecule has 2 aromatic carbocycles. The Hall–Kier alpha value is -3.24. The number of hydrogen-bond donors (Lipinski definition) is 1. The number of benzene rings is 2. The molecular weight excluding hydrogens is 436 g/mol. The van der Waals surface area contributed by atoms with Crippen LogP contribution in [-0.2, 0) is 24.3 Å². The lowest BCUT2D eigenvalue weighted by atomic mass is 10.1. The van der Waals surface area contributed by atoms with E-state index in [1.807, 2.05) is 0 Å². The Labute approximate surface area is 186 Å². The molecule has 1 fully saturated rings. The minimum Gasteiger partial charge on any atom is -0.496 e. The molecule has 0 aliphatic carbocycles. The lowest BCUT2D eigenvalue weighted by Gasteiger charge is -2.32. The van der Waals surface area contributed by atoms with E-state index in [-0.39, 0.29) is 23.4 Å². The Morgan fingerprint density at radius 1 is 1.03 bits per heavy atom. The van der Waals surface area contributed by atoms with Crippen molar-refractivity contribution in [2.24, 2.45) is 0 Å². The van der Waals surface area contributed by atoms with Gasteiger partial charge in [0.05, 0.1) is 17.6 Å². The normalized spacial score (nSPS) is 16.7. The summed E-state index contributed by atoms with van der Waals surface area (Å²) in [5.41, 5.74) is 0.155. The van der Waals surface area contributed by atoms with E-state index in [2.05, 4.69) is 5.32 Å². The minimum absolute atomic E-state index is 0.0832. The number of esters is 1. The number of ether oxygens (including phenoxy) is 2. The second kappa shape index (κ2) is 10.4. The fraction of sp³-hybridized carbons (Fsp3) is 0.318. The van der Waals surface area contributed by atoms with Gasteiger partial charge in [0.2, 0.25) is 10.0 Å². The van der Waals surface area contributed by atoms with Gasteiger partial charge in [0.1, 0.15) is 11.8 Å². The van der Waals surface area contributed by atoms with Gasteiger partial charge in [-0.2, -0.15) is 4.31 Å². The summed E-state index contributed by atoms with van der Waals surface area (Å²) in [5, 5.41) is 2.13. The van der Waals surface area contributed by atoms with Crippen LogP contribution in [0.2, 0.25) is 0 Å². The van der Waals surface area contributed by atoms with Gasteiger partial charge >= 0.3 is 5.97 Å². The van der Waals surface area contributed by atoms with Crippen molar-refractivity contribution in [1.82, 2.24) is 9.62 Å². The summed E-state index contributed by atoms with van der Waals surface area (Å²) in [5.74, 6) is -2.07. The van der Waals surface area contributed by atoms with Crippen molar-refractivity contribution in [1.29, 1.82) is 0 Å². The quantitative estimate of drug-likeness (QED) is 0.625. The molecule has 2 aromatic rings. The summed E-state index contributed by atoms with van der Waals surface area (Å²) in [6, 6.07) is 13.2. The van der Waals surface area contributed by atoms with Gasteiger partial charge in [0.25, 0.3) is 11.8 Å². The predicted octanol–water partition coefficient (Wildman–Crippen LogP) is 1.74. The van der Waals surface area contributed by atoms with Crippen LogP contribution in [0, 0.1) is 0 Å². The standard InChI is InChI=1S/C22H24N2O7S/c1-30-19-13-6-5-11-17(19)21(26)23-20(25)15-31-22(27)18-12-7-8-14-24(18)32(28,29)16-9-3-2-4-10-16/h2-6,9-11,13,18H,7-8,12,14-15H2,1H3,(H,23,25,26). The summed E-state index contributed by atoms with van der Waals surface area (Å²) >= 11 is 0. The van der Waals surface area contributed by atoms with Crippen molar-refractivity contribution < 1.29 is 32.3 Å². The average molecular weight is 461 g/mol. The Bertz CT molecular complexity index is 1090. The van der Waals surface area contributed by atoms with Crippen molar-refractivity contribution in [3.63, 3.8) is 0 Å². The van der Waals surface area contributed by atoms with Gasteiger partial charge in [0, 0.05) is 6.54 Å². The highest BCUT2D eigenvalue weighted by molar-refractivity contribution is 7.89. The minimum atomic E-state index is -3.89. The first-order valence-electron chi connectivity index (χ1n) is 10.1. The van der Waals surface area contributed by atoms with Crippen molar-refractivity contribution >= 4 is 27.8 Å². The van der Waals surface area contributed by atoms with E-state index in [0.717, 1.165) is 4.31 Å².